The smallest absolute Gasteiger partial charge is 0.413 e. The van der Waals surface area contributed by atoms with E-state index in [1.165, 1.54) is 0 Å². The molecule has 0 unspecified atom stereocenters. The quantitative estimate of drug-likeness (QED) is 0.412. The molecule has 1 amide bonds. The van der Waals surface area contributed by atoms with Gasteiger partial charge in [0.05, 0.1) is 6.61 Å². The maximum atomic E-state index is 12.3. The van der Waals surface area contributed by atoms with E-state index in [0.717, 1.165) is 22.9 Å². The topological polar surface area (TPSA) is 102 Å². The Morgan fingerprint density at radius 3 is 2.78 bits per heavy atom. The standard InChI is InChI=1S/C24H26N4O4/c1-5-13-30-19-10-9-15(14-20(19)31-23(29)27-24(2,3)4)22-26-21(28-32-22)17-7-6-8-18-16(17)11-12-25-18/h6-12,14,25H,5,13H2,1-4H3,(H,27,29). The lowest BCUT2D eigenvalue weighted by Crippen LogP contribution is -2.42. The van der Waals surface area contributed by atoms with Crippen LogP contribution in [0, 0.1) is 0 Å². The third-order valence-corrected chi connectivity index (χ3v) is 4.59. The van der Waals surface area contributed by atoms with E-state index in [1.807, 2.05) is 58.2 Å². The summed E-state index contributed by atoms with van der Waals surface area (Å²) in [6, 6.07) is 13.0. The van der Waals surface area contributed by atoms with Crippen molar-refractivity contribution >= 4 is 17.0 Å². The lowest BCUT2D eigenvalue weighted by Gasteiger charge is -2.20. The number of rotatable bonds is 6. The highest BCUT2D eigenvalue weighted by molar-refractivity contribution is 5.93. The van der Waals surface area contributed by atoms with Crippen LogP contribution in [0.5, 0.6) is 11.5 Å². The van der Waals surface area contributed by atoms with E-state index >= 15 is 0 Å². The minimum atomic E-state index is -0.568. The molecule has 2 N–H and O–H groups in total. The van der Waals surface area contributed by atoms with Crippen molar-refractivity contribution in [2.45, 2.75) is 39.7 Å². The summed E-state index contributed by atoms with van der Waals surface area (Å²) in [4.78, 5) is 20.1. The normalized spacial score (nSPS) is 11.5. The summed E-state index contributed by atoms with van der Waals surface area (Å²) in [5.41, 5.74) is 2.04. The zero-order valence-electron chi connectivity index (χ0n) is 18.6. The molecular weight excluding hydrogens is 408 g/mol. The van der Waals surface area contributed by atoms with Crippen LogP contribution in [-0.2, 0) is 0 Å². The van der Waals surface area contributed by atoms with Gasteiger partial charge < -0.3 is 24.3 Å². The van der Waals surface area contributed by atoms with Gasteiger partial charge in [-0.1, -0.05) is 24.2 Å². The Morgan fingerprint density at radius 1 is 1.16 bits per heavy atom. The maximum absolute atomic E-state index is 12.3. The molecule has 166 valence electrons. The first-order valence-electron chi connectivity index (χ1n) is 10.5. The Kier molecular flexibility index (Phi) is 5.85. The van der Waals surface area contributed by atoms with Crippen LogP contribution >= 0.6 is 0 Å². The van der Waals surface area contributed by atoms with Gasteiger partial charge in [-0.05, 0) is 57.5 Å². The zero-order valence-corrected chi connectivity index (χ0v) is 18.6. The highest BCUT2D eigenvalue weighted by Gasteiger charge is 2.20. The van der Waals surface area contributed by atoms with Gasteiger partial charge >= 0.3 is 6.09 Å². The molecule has 0 aliphatic rings. The van der Waals surface area contributed by atoms with Crippen LogP contribution in [0.2, 0.25) is 0 Å². The number of nitrogens with zero attached hydrogens (tertiary/aromatic N) is 2. The predicted octanol–water partition coefficient (Wildman–Crippen LogP) is 5.56. The van der Waals surface area contributed by atoms with Crippen LogP contribution in [0.15, 0.2) is 53.2 Å². The fourth-order valence-corrected chi connectivity index (χ4v) is 3.21. The Bertz CT molecular complexity index is 1240. The molecule has 0 saturated heterocycles. The molecule has 0 spiro atoms. The molecule has 32 heavy (non-hydrogen) atoms. The largest absolute Gasteiger partial charge is 0.490 e. The zero-order chi connectivity index (χ0) is 22.7. The molecular formula is C24H26N4O4. The highest BCUT2D eigenvalue weighted by Crippen LogP contribution is 2.34. The van der Waals surface area contributed by atoms with Gasteiger partial charge in [0.1, 0.15) is 0 Å². The van der Waals surface area contributed by atoms with Gasteiger partial charge in [-0.25, -0.2) is 4.79 Å². The number of hydrogen-bond acceptors (Lipinski definition) is 6. The van der Waals surface area contributed by atoms with E-state index in [0.29, 0.717) is 29.6 Å². The van der Waals surface area contributed by atoms with E-state index in [4.69, 9.17) is 14.0 Å². The van der Waals surface area contributed by atoms with Gasteiger partial charge in [0.25, 0.3) is 5.89 Å². The van der Waals surface area contributed by atoms with Crippen LogP contribution in [0.1, 0.15) is 34.1 Å². The summed E-state index contributed by atoms with van der Waals surface area (Å²) in [6.45, 7) is 8.15. The number of carbonyl (C=O) groups excluding carboxylic acids is 1. The number of benzene rings is 2. The van der Waals surface area contributed by atoms with E-state index in [2.05, 4.69) is 20.4 Å². The van der Waals surface area contributed by atoms with E-state index in [1.54, 1.807) is 18.2 Å². The highest BCUT2D eigenvalue weighted by atomic mass is 16.6. The average molecular weight is 434 g/mol. The van der Waals surface area contributed by atoms with Gasteiger partial charge in [0.2, 0.25) is 5.82 Å². The monoisotopic (exact) mass is 434 g/mol. The van der Waals surface area contributed by atoms with Gasteiger partial charge in [0, 0.05) is 33.8 Å². The van der Waals surface area contributed by atoms with Gasteiger partial charge in [-0.2, -0.15) is 4.98 Å². The number of aromatic amines is 1. The molecule has 0 radical (unpaired) electrons. The molecule has 8 heteroatoms. The summed E-state index contributed by atoms with van der Waals surface area (Å²) in [6.07, 6.45) is 2.13. The van der Waals surface area contributed by atoms with Gasteiger partial charge in [-0.3, -0.25) is 0 Å². The summed E-state index contributed by atoms with van der Waals surface area (Å²) in [7, 11) is 0. The van der Waals surface area contributed by atoms with E-state index in [9.17, 15) is 4.79 Å². The Labute approximate surface area is 185 Å². The van der Waals surface area contributed by atoms with Crippen molar-refractivity contribution in [1.29, 1.82) is 0 Å². The first-order chi connectivity index (χ1) is 15.3. The molecule has 4 aromatic rings. The molecule has 0 aliphatic heterocycles. The van der Waals surface area contributed by atoms with Crippen molar-refractivity contribution in [3.63, 3.8) is 0 Å². The number of nitrogens with one attached hydrogen (secondary N) is 2. The summed E-state index contributed by atoms with van der Waals surface area (Å²) in [5, 5.41) is 7.94. The molecule has 0 saturated carbocycles. The van der Waals surface area contributed by atoms with Crippen LogP contribution in [0.25, 0.3) is 33.7 Å². The maximum Gasteiger partial charge on any atom is 0.413 e. The van der Waals surface area contributed by atoms with Gasteiger partial charge in [0.15, 0.2) is 11.5 Å². The van der Waals surface area contributed by atoms with Crippen molar-refractivity contribution in [3.05, 3.63) is 48.7 Å². The molecule has 2 heterocycles. The second kappa shape index (κ2) is 8.74. The third-order valence-electron chi connectivity index (χ3n) is 4.59. The van der Waals surface area contributed by atoms with Crippen LogP contribution in [0.4, 0.5) is 4.79 Å². The number of aromatic nitrogens is 3. The average Bonchev–Trinajstić information content (AvgIpc) is 3.41. The summed E-state index contributed by atoms with van der Waals surface area (Å²) < 4.78 is 16.8. The molecule has 4 rings (SSSR count). The lowest BCUT2D eigenvalue weighted by atomic mass is 10.1. The van der Waals surface area contributed by atoms with E-state index in [-0.39, 0.29) is 5.75 Å². The third kappa shape index (κ3) is 4.74. The van der Waals surface area contributed by atoms with E-state index < -0.39 is 11.6 Å². The molecule has 0 bridgehead atoms. The number of H-pyrrole nitrogens is 1. The SMILES string of the molecule is CCCOc1ccc(-c2nc(-c3cccc4[nH]ccc34)no2)cc1OC(=O)NC(C)(C)C. The fourth-order valence-electron chi connectivity index (χ4n) is 3.21. The number of carbonyl (C=O) groups is 1. The predicted molar refractivity (Wildman–Crippen MR) is 122 cm³/mol. The van der Waals surface area contributed by atoms with Crippen molar-refractivity contribution < 1.29 is 18.8 Å². The molecule has 2 aromatic heterocycles. The second-order valence-electron chi connectivity index (χ2n) is 8.44. The Balaban J connectivity index is 1.65. The molecule has 0 atom stereocenters. The number of fused-ring (bicyclic) bond motifs is 1. The first kappa shape index (κ1) is 21.4. The molecule has 2 aromatic carbocycles. The summed E-state index contributed by atoms with van der Waals surface area (Å²) >= 11 is 0. The number of ether oxygens (including phenoxy) is 2. The van der Waals surface area contributed by atoms with Crippen molar-refractivity contribution in [1.82, 2.24) is 20.4 Å². The van der Waals surface area contributed by atoms with Crippen molar-refractivity contribution in [3.8, 4) is 34.3 Å². The minimum Gasteiger partial charge on any atom is -0.490 e. The lowest BCUT2D eigenvalue weighted by molar-refractivity contribution is 0.187. The van der Waals surface area contributed by atoms with Crippen LogP contribution < -0.4 is 14.8 Å². The van der Waals surface area contributed by atoms with Crippen LogP contribution in [0.3, 0.4) is 0 Å². The number of hydrogen-bond donors (Lipinski definition) is 2. The van der Waals surface area contributed by atoms with Crippen LogP contribution in [-0.4, -0.2) is 33.4 Å². The molecule has 0 aliphatic carbocycles. The molecule has 8 nitrogen and oxygen atoms in total. The Morgan fingerprint density at radius 2 is 2.00 bits per heavy atom. The molecule has 0 fully saturated rings. The Hall–Kier alpha value is -3.81. The summed E-state index contributed by atoms with van der Waals surface area (Å²) in [5.74, 6) is 1.54. The minimum absolute atomic E-state index is 0.283. The van der Waals surface area contributed by atoms with Crippen molar-refractivity contribution in [2.24, 2.45) is 0 Å². The number of amides is 1. The second-order valence-corrected chi connectivity index (χ2v) is 8.44. The van der Waals surface area contributed by atoms with Crippen molar-refractivity contribution in [2.75, 3.05) is 6.61 Å². The first-order valence-corrected chi connectivity index (χ1v) is 10.5. The van der Waals surface area contributed by atoms with Gasteiger partial charge in [-0.15, -0.1) is 0 Å². The fraction of sp³-hybridized carbons (Fsp3) is 0.292.